The Morgan fingerprint density at radius 2 is 1.41 bits per heavy atom. The van der Waals surface area contributed by atoms with Crippen molar-refractivity contribution in [3.63, 3.8) is 0 Å². The number of aryl methyl sites for hydroxylation is 1. The highest BCUT2D eigenvalue weighted by Gasteiger charge is 2.56. The van der Waals surface area contributed by atoms with Crippen LogP contribution in [0.15, 0.2) is 43.5 Å². The second kappa shape index (κ2) is 18.0. The molecule has 0 heterocycles. The van der Waals surface area contributed by atoms with Gasteiger partial charge in [-0.3, -0.25) is 9.59 Å². The lowest BCUT2D eigenvalue weighted by Gasteiger charge is -2.50. The monoisotopic (exact) mass is 604 g/mol. The molecule has 44 heavy (non-hydrogen) atoms. The van der Waals surface area contributed by atoms with Crippen LogP contribution in [0.4, 0.5) is 0 Å². The van der Waals surface area contributed by atoms with Gasteiger partial charge in [-0.1, -0.05) is 76.5 Å². The summed E-state index contributed by atoms with van der Waals surface area (Å²) in [5.41, 5.74) is 2.92. The molecule has 0 bridgehead atoms. The number of esters is 2. The van der Waals surface area contributed by atoms with Crippen LogP contribution in [-0.2, 0) is 20.7 Å². The maximum absolute atomic E-state index is 12.8. The summed E-state index contributed by atoms with van der Waals surface area (Å²) in [4.78, 5) is 25.3. The third kappa shape index (κ3) is 9.57. The average Bonchev–Trinajstić information content (AvgIpc) is 3.35. The second-order valence-electron chi connectivity index (χ2n) is 14.2. The van der Waals surface area contributed by atoms with Crippen LogP contribution in [0.3, 0.4) is 0 Å². The number of benzene rings is 1. The fraction of sp³-hybridized carbons (Fsp3) is 0.700. The summed E-state index contributed by atoms with van der Waals surface area (Å²) in [7, 11) is 0. The van der Waals surface area contributed by atoms with Crippen LogP contribution in [0.2, 0.25) is 0 Å². The summed E-state index contributed by atoms with van der Waals surface area (Å²) in [5, 5.41) is 0. The highest BCUT2D eigenvalue weighted by atomic mass is 16.5. The third-order valence-corrected chi connectivity index (χ3v) is 11.2. The summed E-state index contributed by atoms with van der Waals surface area (Å²) < 4.78 is 12.0. The van der Waals surface area contributed by atoms with E-state index in [4.69, 9.17) is 9.47 Å². The summed E-state index contributed by atoms with van der Waals surface area (Å²) in [5.74, 6) is 2.44. The first kappa shape index (κ1) is 34.5. The van der Waals surface area contributed by atoms with Gasteiger partial charge in [0.1, 0.15) is 11.9 Å². The molecule has 0 amide bonds. The highest BCUT2D eigenvalue weighted by Crippen LogP contribution is 2.61. The predicted octanol–water partition coefficient (Wildman–Crippen LogP) is 11.0. The van der Waals surface area contributed by atoms with E-state index in [0.717, 1.165) is 64.2 Å². The smallest absolute Gasteiger partial charge is 0.311 e. The van der Waals surface area contributed by atoms with Gasteiger partial charge in [0.15, 0.2) is 0 Å². The molecule has 0 radical (unpaired) electrons. The van der Waals surface area contributed by atoms with Crippen LogP contribution < -0.4 is 4.74 Å². The van der Waals surface area contributed by atoms with Crippen molar-refractivity contribution in [1.82, 2.24) is 0 Å². The fourth-order valence-corrected chi connectivity index (χ4v) is 8.70. The molecule has 5 atom stereocenters. The molecule has 0 aliphatic heterocycles. The molecule has 2 fully saturated rings. The third-order valence-electron chi connectivity index (χ3n) is 11.2. The van der Waals surface area contributed by atoms with Crippen molar-refractivity contribution < 1.29 is 19.1 Å². The molecule has 1 aromatic rings. The van der Waals surface area contributed by atoms with Gasteiger partial charge in [-0.05, 0) is 118 Å². The van der Waals surface area contributed by atoms with Gasteiger partial charge < -0.3 is 9.47 Å². The molecular weight excluding hydrogens is 544 g/mol. The molecule has 0 spiro atoms. The first-order valence-corrected chi connectivity index (χ1v) is 18.2. The largest absolute Gasteiger partial charge is 0.462 e. The van der Waals surface area contributed by atoms with Crippen molar-refractivity contribution in [2.75, 3.05) is 0 Å². The molecule has 4 heteroatoms. The number of allylic oxidation sites excluding steroid dienone is 2. The molecule has 1 unspecified atom stereocenters. The topological polar surface area (TPSA) is 52.6 Å². The van der Waals surface area contributed by atoms with Crippen molar-refractivity contribution in [3.05, 3.63) is 54.6 Å². The normalized spacial score (nSPS) is 25.4. The van der Waals surface area contributed by atoms with Gasteiger partial charge in [0, 0.05) is 18.3 Å². The van der Waals surface area contributed by atoms with E-state index in [-0.39, 0.29) is 23.5 Å². The minimum atomic E-state index is -0.107. The van der Waals surface area contributed by atoms with E-state index in [9.17, 15) is 9.59 Å². The zero-order chi connectivity index (χ0) is 31.2. The number of hydrogen-bond donors (Lipinski definition) is 0. The molecule has 3 aliphatic rings. The van der Waals surface area contributed by atoms with E-state index in [2.05, 4.69) is 32.2 Å². The quantitative estimate of drug-likeness (QED) is 0.0643. The van der Waals surface area contributed by atoms with Gasteiger partial charge in [-0.15, -0.1) is 13.2 Å². The first-order chi connectivity index (χ1) is 21.5. The van der Waals surface area contributed by atoms with Crippen LogP contribution in [0.1, 0.15) is 159 Å². The Hall–Kier alpha value is -2.36. The summed E-state index contributed by atoms with van der Waals surface area (Å²) >= 11 is 0. The molecule has 3 aliphatic carbocycles. The first-order valence-electron chi connectivity index (χ1n) is 18.2. The number of unbranched alkanes of at least 4 members (excludes halogenated alkanes) is 12. The van der Waals surface area contributed by atoms with Crippen molar-refractivity contribution in [2.45, 2.75) is 160 Å². The van der Waals surface area contributed by atoms with E-state index < -0.39 is 0 Å². The van der Waals surface area contributed by atoms with Crippen LogP contribution >= 0.6 is 0 Å². The standard InChI is InChI=1S/C40H60O4/c1-4-6-8-10-12-14-16-18-20-38(41)43-32-23-25-33-31(30-32)22-24-35-34(33)28-29-40(3)36(35)26-27-37(40)44-39(42)21-19-17-15-13-11-9-7-5-2/h4-5,23,25,30,34-37H,1-2,6-22,24,26-29H2,3H3/t34-,35-,36+,37?,40+/m1/s1. The van der Waals surface area contributed by atoms with Gasteiger partial charge in [0.25, 0.3) is 0 Å². The van der Waals surface area contributed by atoms with E-state index in [1.165, 1.54) is 75.3 Å². The second-order valence-corrected chi connectivity index (χ2v) is 14.2. The molecule has 2 saturated carbocycles. The maximum atomic E-state index is 12.8. The summed E-state index contributed by atoms with van der Waals surface area (Å²) in [6.45, 7) is 9.97. The average molecular weight is 605 g/mol. The molecular formula is C40H60O4. The van der Waals surface area contributed by atoms with E-state index >= 15 is 0 Å². The van der Waals surface area contributed by atoms with E-state index in [1.54, 1.807) is 0 Å². The molecule has 244 valence electrons. The molecule has 0 N–H and O–H groups in total. The summed E-state index contributed by atoms with van der Waals surface area (Å²) in [6.07, 6.45) is 27.9. The number of fused-ring (bicyclic) bond motifs is 5. The van der Waals surface area contributed by atoms with Gasteiger partial charge in [0.2, 0.25) is 0 Å². The van der Waals surface area contributed by atoms with Crippen LogP contribution in [0.25, 0.3) is 0 Å². The van der Waals surface area contributed by atoms with Gasteiger partial charge in [-0.25, -0.2) is 0 Å². The van der Waals surface area contributed by atoms with Crippen LogP contribution in [0.5, 0.6) is 5.75 Å². The number of rotatable bonds is 20. The Bertz CT molecular complexity index is 1080. The zero-order valence-corrected chi connectivity index (χ0v) is 27.8. The zero-order valence-electron chi connectivity index (χ0n) is 27.8. The lowest BCUT2D eigenvalue weighted by Crippen LogP contribution is -2.45. The fourth-order valence-electron chi connectivity index (χ4n) is 8.70. The van der Waals surface area contributed by atoms with Crippen LogP contribution in [0, 0.1) is 17.3 Å². The highest BCUT2D eigenvalue weighted by molar-refractivity contribution is 5.72. The van der Waals surface area contributed by atoms with Crippen molar-refractivity contribution in [1.29, 1.82) is 0 Å². The van der Waals surface area contributed by atoms with Gasteiger partial charge >= 0.3 is 11.9 Å². The molecule has 4 rings (SSSR count). The Balaban J connectivity index is 1.20. The number of ether oxygens (including phenoxy) is 2. The lowest BCUT2D eigenvalue weighted by molar-refractivity contribution is -0.157. The van der Waals surface area contributed by atoms with Crippen LogP contribution in [-0.4, -0.2) is 18.0 Å². The van der Waals surface area contributed by atoms with Crippen molar-refractivity contribution in [3.8, 4) is 5.75 Å². The molecule has 0 aromatic heterocycles. The SMILES string of the molecule is C=CCCCCCCCCC(=O)Oc1ccc2c(c1)CC[C@@H]1[C@@H]2CC[C@]2(C)C(OC(=O)CCCCCCCCC=C)CC[C@@H]12. The number of carbonyl (C=O) groups is 2. The summed E-state index contributed by atoms with van der Waals surface area (Å²) in [6, 6.07) is 6.40. The Morgan fingerprint density at radius 3 is 2.07 bits per heavy atom. The minimum absolute atomic E-state index is 0.0148. The maximum Gasteiger partial charge on any atom is 0.311 e. The minimum Gasteiger partial charge on any atom is -0.462 e. The van der Waals surface area contributed by atoms with Crippen molar-refractivity contribution >= 4 is 11.9 Å². The predicted molar refractivity (Wildman–Crippen MR) is 181 cm³/mol. The van der Waals surface area contributed by atoms with E-state index in [1.807, 2.05) is 18.2 Å². The Morgan fingerprint density at radius 1 is 0.795 bits per heavy atom. The molecule has 1 aromatic carbocycles. The van der Waals surface area contributed by atoms with E-state index in [0.29, 0.717) is 36.3 Å². The Labute approximate surface area is 268 Å². The Kier molecular flexibility index (Phi) is 14.1. The molecule has 0 saturated heterocycles. The van der Waals surface area contributed by atoms with Gasteiger partial charge in [0.05, 0.1) is 0 Å². The lowest BCUT2D eigenvalue weighted by atomic mass is 9.55. The van der Waals surface area contributed by atoms with Crippen molar-refractivity contribution in [2.24, 2.45) is 17.3 Å². The van der Waals surface area contributed by atoms with Gasteiger partial charge in [-0.2, -0.15) is 0 Å². The number of hydrogen-bond acceptors (Lipinski definition) is 4. The number of carbonyl (C=O) groups excluding carboxylic acids is 2. The molecule has 4 nitrogen and oxygen atoms in total.